The first-order valence-corrected chi connectivity index (χ1v) is 30.2. The molecule has 6 aliphatic heterocycles. The second kappa shape index (κ2) is 33.3. The lowest BCUT2D eigenvalue weighted by Gasteiger charge is -2.48. The number of aliphatic hydroxyl groups excluding tert-OH is 25. The highest BCUT2D eigenvalue weighted by Gasteiger charge is 2.56. The Kier molecular flexibility index (Phi) is 26.6. The molecule has 31 atom stereocenters. The minimum atomic E-state index is -2.29. The van der Waals surface area contributed by atoms with Crippen LogP contribution in [0.4, 0.5) is 0 Å². The average Bonchev–Trinajstić information content (AvgIpc) is 0.782. The molecule has 8 rings (SSSR count). The lowest BCUT2D eigenvalue weighted by molar-refractivity contribution is -0.375. The minimum absolute atomic E-state index is 0.328. The first-order valence-electron chi connectivity index (χ1n) is 30.2. The summed E-state index contributed by atoms with van der Waals surface area (Å²) < 4.78 is 72.3. The zero-order valence-corrected chi connectivity index (χ0v) is 51.8. The molecule has 0 bridgehead atoms. The number of hydrogen-bond acceptors (Lipinski definition) is 42. The average molecular weight is 1420 g/mol. The maximum Gasteiger partial charge on any atom is 0.249 e. The van der Waals surface area contributed by atoms with E-state index in [1.807, 2.05) is 0 Å². The van der Waals surface area contributed by atoms with Crippen LogP contribution in [0, 0.1) is 0 Å². The third-order valence-electron chi connectivity index (χ3n) is 16.9. The largest absolute Gasteiger partial charge is 0.504 e. The third kappa shape index (κ3) is 16.2. The lowest BCUT2D eigenvalue weighted by Crippen LogP contribution is -2.67. The number of hydrogen-bond donors (Lipinski definition) is 26. The molecule has 42 nitrogen and oxygen atoms in total. The van der Waals surface area contributed by atoms with Crippen molar-refractivity contribution >= 4 is 17.3 Å². The molecule has 0 aromatic rings. The van der Waals surface area contributed by atoms with Crippen LogP contribution in [-0.2, 0) is 71.2 Å². The second-order valence-electron chi connectivity index (χ2n) is 23.5. The highest BCUT2D eigenvalue weighted by molar-refractivity contribution is 6.50. The van der Waals surface area contributed by atoms with Crippen LogP contribution in [0.15, 0.2) is 74.2 Å². The van der Waals surface area contributed by atoms with Crippen LogP contribution in [0.3, 0.4) is 0 Å². The first-order chi connectivity index (χ1) is 46.3. The van der Waals surface area contributed by atoms with E-state index < -0.39 is 300 Å². The third-order valence-corrected chi connectivity index (χ3v) is 16.9. The van der Waals surface area contributed by atoms with Gasteiger partial charge in [-0.2, -0.15) is 0 Å². The monoisotopic (exact) mass is 1420 g/mol. The Labute approximate surface area is 552 Å². The summed E-state index contributed by atoms with van der Waals surface area (Å²) in [5, 5.41) is 269. The molecule has 0 amide bonds. The van der Waals surface area contributed by atoms with E-state index in [0.717, 1.165) is 19.1 Å². The van der Waals surface area contributed by atoms with Crippen LogP contribution < -0.4 is 5.32 Å². The van der Waals surface area contributed by atoms with Gasteiger partial charge in [0, 0.05) is 16.8 Å². The van der Waals surface area contributed by atoms with Gasteiger partial charge in [-0.05, 0) is 32.9 Å². The Morgan fingerprint density at radius 1 is 0.592 bits per heavy atom. The van der Waals surface area contributed by atoms with Gasteiger partial charge in [0.15, 0.2) is 54.3 Å². The Balaban J connectivity index is 0.887. The molecule has 8 aliphatic rings. The maximum atomic E-state index is 13.9. The highest BCUT2D eigenvalue weighted by Crippen LogP contribution is 2.38. The van der Waals surface area contributed by atoms with Crippen molar-refractivity contribution in [2.24, 2.45) is 4.99 Å². The molecule has 0 aromatic carbocycles. The van der Waals surface area contributed by atoms with E-state index in [2.05, 4.69) is 10.3 Å². The summed E-state index contributed by atoms with van der Waals surface area (Å²) in [6.07, 6.45) is -58.3. The zero-order chi connectivity index (χ0) is 72.4. The molecule has 30 unspecified atom stereocenters. The number of carbonyl (C=O) groups is 2. The normalized spacial score (nSPS) is 41.5. The van der Waals surface area contributed by atoms with Gasteiger partial charge < -0.3 is 195 Å². The zero-order valence-electron chi connectivity index (χ0n) is 51.8. The second-order valence-corrected chi connectivity index (χ2v) is 23.5. The molecule has 556 valence electrons. The lowest BCUT2D eigenvalue weighted by atomic mass is 9.93. The molecule has 6 heterocycles. The minimum Gasteiger partial charge on any atom is -0.504 e. The molecular formula is C56H82N2O40. The van der Waals surface area contributed by atoms with E-state index in [1.165, 1.54) is 13.8 Å². The van der Waals surface area contributed by atoms with Gasteiger partial charge in [-0.3, -0.25) is 9.59 Å². The van der Waals surface area contributed by atoms with Crippen LogP contribution in [0.2, 0.25) is 0 Å². The Bertz CT molecular complexity index is 2990. The fourth-order valence-electron chi connectivity index (χ4n) is 11.3. The summed E-state index contributed by atoms with van der Waals surface area (Å²) in [6, 6.07) is -1.51. The maximum absolute atomic E-state index is 13.9. The number of nitrogens with one attached hydrogen (secondary N) is 1. The molecule has 0 aromatic heterocycles. The van der Waals surface area contributed by atoms with E-state index in [1.54, 1.807) is 0 Å². The van der Waals surface area contributed by atoms with Crippen molar-refractivity contribution in [2.75, 3.05) is 46.2 Å². The Hall–Kier alpha value is -5.23. The van der Waals surface area contributed by atoms with Crippen molar-refractivity contribution < 1.29 is 199 Å². The van der Waals surface area contributed by atoms with Crippen molar-refractivity contribution in [1.82, 2.24) is 5.32 Å². The van der Waals surface area contributed by atoms with Crippen LogP contribution in [0.25, 0.3) is 0 Å². The predicted octanol–water partition coefficient (Wildman–Crippen LogP) is -13.7. The summed E-state index contributed by atoms with van der Waals surface area (Å²) in [4.78, 5) is 30.5. The Morgan fingerprint density at radius 3 is 1.69 bits per heavy atom. The SMILES string of the molecule is CC1=C(N=C2C=C(CO)C(O)=C(O)C2=O)C(O)C(O)C(O[C@@H](CO)OC(OC2=C(CO)C=C(NC3C(C)OC(OC4C(CO)OC(OC5C(CO)OC(OC6=C(CO)OC(OC7C(CO)OC(O)C(O)C7O)C(O)C6O)C(O)C5O)C(O)C4O)C(O)C3O)C(O)C2=O)C(O)C(C)O)O1. The number of aliphatic imine (C=N–C) groups is 1. The van der Waals surface area contributed by atoms with Crippen molar-refractivity contribution in [3.63, 3.8) is 0 Å². The standard InChI is InChI=1S/C56H82N2O40/c1-13(66)27(67)51(92-24(12-65)93-52-40(80)31(71)25(14(2)86-52)57-18-4-16(6-59)28(68)33(73)29(18)69)94-45-17(7-60)5-19(30(70)34(45)74)58-26-15(3)87-53(41(81)32(26)72)95-47-21(9-62)89-55(42(82)36(47)76)97-49-23(11-64)91-56(44(84)38(49)78)98-48-22(10-63)90-54(43(83)37(48)77)96-46-20(8-61)88-50(85)39(79)35(46)75/h4-5,13,15,20-21,23-24,26-27,30-32,35-44,46-47,49-56,58-68,70-73,75-85H,6-12H2,1-3H3/t13?,15?,20?,21?,23?,24-,26?,27?,30?,31?,32?,35?,36?,37?,38?,39?,40?,41?,42?,43?,44?,46?,47?,49?,50?,51?,52?,53?,54?,55?,56?/m0/s1. The van der Waals surface area contributed by atoms with Crippen molar-refractivity contribution in [3.05, 3.63) is 69.2 Å². The fraction of sp³-hybridized carbons (Fsp3) is 0.732. The van der Waals surface area contributed by atoms with Crippen LogP contribution in [-0.4, -0.2) is 382 Å². The summed E-state index contributed by atoms with van der Waals surface area (Å²) in [5.74, 6) is -7.51. The summed E-state index contributed by atoms with van der Waals surface area (Å²) in [5.41, 5.74) is -2.40. The molecule has 42 heteroatoms. The van der Waals surface area contributed by atoms with E-state index in [9.17, 15) is 137 Å². The fourth-order valence-corrected chi connectivity index (χ4v) is 11.3. The highest BCUT2D eigenvalue weighted by atomic mass is 16.8. The van der Waals surface area contributed by atoms with Crippen LogP contribution >= 0.6 is 0 Å². The molecule has 0 radical (unpaired) electrons. The molecule has 0 spiro atoms. The molecule has 4 fully saturated rings. The van der Waals surface area contributed by atoms with Crippen LogP contribution in [0.1, 0.15) is 20.8 Å². The van der Waals surface area contributed by atoms with Gasteiger partial charge in [0.1, 0.15) is 140 Å². The van der Waals surface area contributed by atoms with Crippen LogP contribution in [0.5, 0.6) is 0 Å². The topological polar surface area (TPSA) is 684 Å². The molecule has 4 saturated heterocycles. The van der Waals surface area contributed by atoms with Crippen molar-refractivity contribution in [2.45, 2.75) is 211 Å². The van der Waals surface area contributed by atoms with E-state index in [-0.39, 0.29) is 11.3 Å². The van der Waals surface area contributed by atoms with Gasteiger partial charge in [0.25, 0.3) is 0 Å². The number of aliphatic hydroxyl groups is 25. The molecular weight excluding hydrogens is 1340 g/mol. The number of allylic oxidation sites excluding steroid dienone is 3. The number of ketones is 2. The van der Waals surface area contributed by atoms with Gasteiger partial charge in [-0.15, -0.1) is 0 Å². The van der Waals surface area contributed by atoms with Gasteiger partial charge in [-0.1, -0.05) is 0 Å². The van der Waals surface area contributed by atoms with Crippen molar-refractivity contribution in [3.8, 4) is 0 Å². The number of ether oxygens (including phenoxy) is 13. The molecule has 2 aliphatic carbocycles. The molecule has 98 heavy (non-hydrogen) atoms. The number of Topliss-reactive ketones (excluding diaryl/α,β-unsaturated/α-hetero) is 2. The van der Waals surface area contributed by atoms with Gasteiger partial charge in [0.05, 0.1) is 57.9 Å². The first kappa shape index (κ1) is 78.5. The van der Waals surface area contributed by atoms with E-state index in [4.69, 9.17) is 61.6 Å². The predicted molar refractivity (Wildman–Crippen MR) is 304 cm³/mol. The van der Waals surface area contributed by atoms with Gasteiger partial charge in [0.2, 0.25) is 42.5 Å². The number of rotatable bonds is 26. The number of nitrogens with zero attached hydrogens (tertiary/aromatic N) is 1. The molecule has 0 saturated carbocycles. The smallest absolute Gasteiger partial charge is 0.249 e. The summed E-state index contributed by atoms with van der Waals surface area (Å²) in [7, 11) is 0. The van der Waals surface area contributed by atoms with E-state index in [0.29, 0.717) is 0 Å². The number of carbonyl (C=O) groups excluding carboxylic acids is 2. The summed E-state index contributed by atoms with van der Waals surface area (Å²) in [6.45, 7) is -3.79. The van der Waals surface area contributed by atoms with E-state index >= 15 is 0 Å². The quantitative estimate of drug-likeness (QED) is 0.0282. The van der Waals surface area contributed by atoms with Gasteiger partial charge in [-0.25, -0.2) is 4.99 Å². The Morgan fingerprint density at radius 2 is 1.13 bits per heavy atom. The van der Waals surface area contributed by atoms with Gasteiger partial charge >= 0.3 is 0 Å². The molecule has 26 N–H and O–H groups in total. The summed E-state index contributed by atoms with van der Waals surface area (Å²) >= 11 is 0. The van der Waals surface area contributed by atoms with Crippen molar-refractivity contribution in [1.29, 1.82) is 0 Å².